The number of imidazole rings is 1. The molecule has 1 aliphatic carbocycles. The van der Waals surface area contributed by atoms with Gasteiger partial charge in [-0.25, -0.2) is 4.98 Å². The standard InChI is InChI=1S/C15H21N3O/c19-15-5-2-1-4-13-10-18(11-14(13)15)8-3-7-17-9-6-16-12-17/h6,9-12,15,19H,1-5,7-8H2. The first-order valence-corrected chi connectivity index (χ1v) is 7.15. The van der Waals surface area contributed by atoms with E-state index in [1.165, 1.54) is 12.0 Å². The lowest BCUT2D eigenvalue weighted by atomic mass is 10.1. The van der Waals surface area contributed by atoms with Gasteiger partial charge in [0.1, 0.15) is 0 Å². The third-order valence-electron chi connectivity index (χ3n) is 3.92. The Balaban J connectivity index is 1.61. The Morgan fingerprint density at radius 2 is 2.11 bits per heavy atom. The number of nitrogens with zero attached hydrogens (tertiary/aromatic N) is 3. The molecule has 3 rings (SSSR count). The fourth-order valence-electron chi connectivity index (χ4n) is 2.88. The summed E-state index contributed by atoms with van der Waals surface area (Å²) >= 11 is 0. The van der Waals surface area contributed by atoms with E-state index in [9.17, 15) is 5.11 Å². The summed E-state index contributed by atoms with van der Waals surface area (Å²) in [5.74, 6) is 0. The summed E-state index contributed by atoms with van der Waals surface area (Å²) < 4.78 is 4.33. The summed E-state index contributed by atoms with van der Waals surface area (Å²) in [6, 6.07) is 0. The molecule has 2 aromatic rings. The Bertz CT molecular complexity index is 515. The summed E-state index contributed by atoms with van der Waals surface area (Å²) in [7, 11) is 0. The van der Waals surface area contributed by atoms with Gasteiger partial charge in [0.2, 0.25) is 0 Å². The number of rotatable bonds is 4. The molecule has 0 radical (unpaired) electrons. The number of hydrogen-bond donors (Lipinski definition) is 1. The van der Waals surface area contributed by atoms with Crippen molar-refractivity contribution >= 4 is 0 Å². The number of aliphatic hydroxyl groups is 1. The topological polar surface area (TPSA) is 43.0 Å². The predicted molar refractivity (Wildman–Crippen MR) is 73.8 cm³/mol. The van der Waals surface area contributed by atoms with Crippen LogP contribution in [-0.2, 0) is 19.5 Å². The molecular weight excluding hydrogens is 238 g/mol. The zero-order valence-corrected chi connectivity index (χ0v) is 11.2. The van der Waals surface area contributed by atoms with E-state index in [1.807, 2.05) is 18.7 Å². The summed E-state index contributed by atoms with van der Waals surface area (Å²) in [6.45, 7) is 1.99. The van der Waals surface area contributed by atoms with Crippen LogP contribution in [0.3, 0.4) is 0 Å². The quantitative estimate of drug-likeness (QED) is 0.857. The summed E-state index contributed by atoms with van der Waals surface area (Å²) in [5, 5.41) is 10.1. The van der Waals surface area contributed by atoms with Crippen molar-refractivity contribution in [2.75, 3.05) is 0 Å². The first-order chi connectivity index (χ1) is 9.33. The largest absolute Gasteiger partial charge is 0.388 e. The van der Waals surface area contributed by atoms with Crippen molar-refractivity contribution in [3.8, 4) is 0 Å². The van der Waals surface area contributed by atoms with E-state index in [2.05, 4.69) is 26.5 Å². The first kappa shape index (κ1) is 12.5. The molecule has 19 heavy (non-hydrogen) atoms. The summed E-state index contributed by atoms with van der Waals surface area (Å²) in [6.07, 6.45) is 15.2. The van der Waals surface area contributed by atoms with E-state index in [0.29, 0.717) is 0 Å². The number of aliphatic hydroxyl groups excluding tert-OH is 1. The highest BCUT2D eigenvalue weighted by molar-refractivity contribution is 5.27. The smallest absolute Gasteiger partial charge is 0.0945 e. The molecule has 0 bridgehead atoms. The highest BCUT2D eigenvalue weighted by atomic mass is 16.3. The minimum Gasteiger partial charge on any atom is -0.388 e. The van der Waals surface area contributed by atoms with Gasteiger partial charge in [-0.05, 0) is 31.2 Å². The third kappa shape index (κ3) is 2.89. The van der Waals surface area contributed by atoms with Crippen molar-refractivity contribution in [2.24, 2.45) is 0 Å². The molecule has 1 aliphatic rings. The van der Waals surface area contributed by atoms with Crippen LogP contribution in [0, 0.1) is 0 Å². The SMILES string of the molecule is OC1CCCCc2cn(CCCn3ccnc3)cc21. The Hall–Kier alpha value is -1.55. The number of aryl methyl sites for hydroxylation is 3. The van der Waals surface area contributed by atoms with Crippen LogP contribution in [0.15, 0.2) is 31.1 Å². The van der Waals surface area contributed by atoms with Gasteiger partial charge in [0.25, 0.3) is 0 Å². The van der Waals surface area contributed by atoms with Crippen LogP contribution in [0.2, 0.25) is 0 Å². The summed E-state index contributed by atoms with van der Waals surface area (Å²) in [4.78, 5) is 4.04. The molecule has 0 amide bonds. The Kier molecular flexibility index (Phi) is 3.69. The molecule has 1 unspecified atom stereocenters. The van der Waals surface area contributed by atoms with Crippen molar-refractivity contribution in [1.82, 2.24) is 14.1 Å². The van der Waals surface area contributed by atoms with E-state index in [1.54, 1.807) is 0 Å². The second kappa shape index (κ2) is 5.61. The fraction of sp³-hybridized carbons (Fsp3) is 0.533. The van der Waals surface area contributed by atoms with Crippen LogP contribution in [0.1, 0.15) is 42.9 Å². The molecule has 1 N–H and O–H groups in total. The molecule has 0 fully saturated rings. The maximum absolute atomic E-state index is 10.1. The molecule has 0 saturated heterocycles. The van der Waals surface area contributed by atoms with Gasteiger partial charge in [0.05, 0.1) is 12.4 Å². The predicted octanol–water partition coefficient (Wildman–Crippen LogP) is 2.53. The van der Waals surface area contributed by atoms with Crippen molar-refractivity contribution in [1.29, 1.82) is 0 Å². The molecule has 4 heteroatoms. The Morgan fingerprint density at radius 3 is 2.95 bits per heavy atom. The van der Waals surface area contributed by atoms with Crippen LogP contribution in [0.25, 0.3) is 0 Å². The molecule has 2 aromatic heterocycles. The molecule has 0 aliphatic heterocycles. The van der Waals surface area contributed by atoms with Crippen LogP contribution in [0.4, 0.5) is 0 Å². The van der Waals surface area contributed by atoms with E-state index < -0.39 is 0 Å². The van der Waals surface area contributed by atoms with Gasteiger partial charge < -0.3 is 14.2 Å². The average molecular weight is 259 g/mol. The van der Waals surface area contributed by atoms with Crippen molar-refractivity contribution < 1.29 is 5.11 Å². The van der Waals surface area contributed by atoms with Crippen molar-refractivity contribution in [3.63, 3.8) is 0 Å². The molecule has 0 spiro atoms. The molecule has 0 aromatic carbocycles. The Morgan fingerprint density at radius 1 is 1.21 bits per heavy atom. The zero-order valence-electron chi connectivity index (χ0n) is 11.2. The van der Waals surface area contributed by atoms with E-state index in [4.69, 9.17) is 0 Å². The highest BCUT2D eigenvalue weighted by Gasteiger charge is 2.18. The van der Waals surface area contributed by atoms with Gasteiger partial charge in [0.15, 0.2) is 0 Å². The minimum atomic E-state index is -0.257. The lowest BCUT2D eigenvalue weighted by molar-refractivity contribution is 0.166. The van der Waals surface area contributed by atoms with Gasteiger partial charge in [-0.2, -0.15) is 0 Å². The molecule has 4 nitrogen and oxygen atoms in total. The number of hydrogen-bond acceptors (Lipinski definition) is 2. The average Bonchev–Trinajstić information content (AvgIpc) is 3.01. The normalized spacial score (nSPS) is 19.1. The lowest BCUT2D eigenvalue weighted by Crippen LogP contribution is -2.01. The maximum Gasteiger partial charge on any atom is 0.0945 e. The molecular formula is C15H21N3O. The third-order valence-corrected chi connectivity index (χ3v) is 3.92. The van der Waals surface area contributed by atoms with Gasteiger partial charge in [-0.1, -0.05) is 6.42 Å². The van der Waals surface area contributed by atoms with Gasteiger partial charge in [0, 0.05) is 43.4 Å². The molecule has 2 heterocycles. The fourth-order valence-corrected chi connectivity index (χ4v) is 2.88. The second-order valence-electron chi connectivity index (χ2n) is 5.39. The van der Waals surface area contributed by atoms with Crippen molar-refractivity contribution in [2.45, 2.75) is 51.3 Å². The van der Waals surface area contributed by atoms with Crippen LogP contribution in [-0.4, -0.2) is 19.2 Å². The first-order valence-electron chi connectivity index (χ1n) is 7.15. The van der Waals surface area contributed by atoms with Crippen LogP contribution >= 0.6 is 0 Å². The molecule has 1 atom stereocenters. The number of fused-ring (bicyclic) bond motifs is 1. The second-order valence-corrected chi connectivity index (χ2v) is 5.39. The van der Waals surface area contributed by atoms with Crippen molar-refractivity contribution in [3.05, 3.63) is 42.2 Å². The summed E-state index contributed by atoms with van der Waals surface area (Å²) in [5.41, 5.74) is 2.49. The zero-order chi connectivity index (χ0) is 13.1. The monoisotopic (exact) mass is 259 g/mol. The molecule has 102 valence electrons. The van der Waals surface area contributed by atoms with E-state index in [-0.39, 0.29) is 6.10 Å². The maximum atomic E-state index is 10.1. The Labute approximate surface area is 113 Å². The minimum absolute atomic E-state index is 0.257. The van der Waals surface area contributed by atoms with Gasteiger partial charge >= 0.3 is 0 Å². The van der Waals surface area contributed by atoms with Crippen LogP contribution < -0.4 is 0 Å². The van der Waals surface area contributed by atoms with E-state index in [0.717, 1.165) is 44.3 Å². The van der Waals surface area contributed by atoms with Gasteiger partial charge in [-0.3, -0.25) is 0 Å². The lowest BCUT2D eigenvalue weighted by Gasteiger charge is -2.06. The van der Waals surface area contributed by atoms with Gasteiger partial charge in [-0.15, -0.1) is 0 Å². The van der Waals surface area contributed by atoms with Crippen LogP contribution in [0.5, 0.6) is 0 Å². The number of aromatic nitrogens is 3. The molecule has 0 saturated carbocycles. The highest BCUT2D eigenvalue weighted by Crippen LogP contribution is 2.29. The van der Waals surface area contributed by atoms with E-state index >= 15 is 0 Å².